The summed E-state index contributed by atoms with van der Waals surface area (Å²) >= 11 is 0. The second-order valence-corrected chi connectivity index (χ2v) is 10.7. The molecular weight excluding hydrogens is 538 g/mol. The molecule has 2 aromatic heterocycles. The third kappa shape index (κ3) is 3.50. The summed E-state index contributed by atoms with van der Waals surface area (Å²) in [6.07, 6.45) is 0. The average molecular weight is 560 g/mol. The maximum Gasteiger partial charge on any atom is 0.103 e. The summed E-state index contributed by atoms with van der Waals surface area (Å²) < 4.78 is 4.30. The topological polar surface area (TPSA) is 81.2 Å². The van der Waals surface area contributed by atoms with E-state index >= 15 is 0 Å². The van der Waals surface area contributed by atoms with Crippen LogP contribution in [-0.2, 0) is 0 Å². The smallest absolute Gasteiger partial charge is 0.103 e. The van der Waals surface area contributed by atoms with E-state index in [2.05, 4.69) is 63.7 Å². The van der Waals surface area contributed by atoms with Crippen LogP contribution in [0.2, 0.25) is 0 Å². The second kappa shape index (κ2) is 9.74. The Hall–Kier alpha value is -6.61. The van der Waals surface area contributed by atoms with Crippen LogP contribution in [0.5, 0.6) is 0 Å². The standard InChI is InChI=1S/C39H21N5/c40-22-25-17-19-31(38(21-25)43-34-13-5-1-9-27(34)28-10-2-6-14-35(28)43)32-20-18-26(23-41)33(24-42)39(32)44-36-15-7-3-11-29(36)30-12-4-8-16-37(30)44/h1-21H. The van der Waals surface area contributed by atoms with E-state index in [4.69, 9.17) is 0 Å². The Morgan fingerprint density at radius 2 is 0.909 bits per heavy atom. The van der Waals surface area contributed by atoms with Crippen molar-refractivity contribution in [2.24, 2.45) is 0 Å². The molecular formula is C39H21N5. The number of nitriles is 3. The SMILES string of the molecule is N#Cc1ccc(-c2ccc(C#N)c(C#N)c2-n2c3ccccc3c3ccccc32)c(-n2c3ccccc3c3ccccc32)c1. The number of fused-ring (bicyclic) bond motifs is 6. The van der Waals surface area contributed by atoms with Gasteiger partial charge < -0.3 is 9.13 Å². The Balaban J connectivity index is 1.56. The highest BCUT2D eigenvalue weighted by atomic mass is 15.0. The molecule has 2 heterocycles. The van der Waals surface area contributed by atoms with Gasteiger partial charge >= 0.3 is 0 Å². The van der Waals surface area contributed by atoms with E-state index in [1.54, 1.807) is 6.07 Å². The lowest BCUT2D eigenvalue weighted by molar-refractivity contribution is 1.15. The summed E-state index contributed by atoms with van der Waals surface area (Å²) in [7, 11) is 0. The largest absolute Gasteiger partial charge is 0.309 e. The maximum absolute atomic E-state index is 10.6. The first-order valence-corrected chi connectivity index (χ1v) is 14.2. The van der Waals surface area contributed by atoms with Gasteiger partial charge in [-0.1, -0.05) is 84.9 Å². The zero-order valence-electron chi connectivity index (χ0n) is 23.4. The van der Waals surface area contributed by atoms with Gasteiger partial charge in [0.15, 0.2) is 0 Å². The molecule has 202 valence electrons. The lowest BCUT2D eigenvalue weighted by atomic mass is 9.94. The van der Waals surface area contributed by atoms with E-state index in [1.165, 1.54) is 0 Å². The molecule has 0 aliphatic carbocycles. The van der Waals surface area contributed by atoms with Gasteiger partial charge in [-0.15, -0.1) is 0 Å². The van der Waals surface area contributed by atoms with Crippen LogP contribution < -0.4 is 0 Å². The van der Waals surface area contributed by atoms with Gasteiger partial charge in [-0.2, -0.15) is 15.8 Å². The third-order valence-corrected chi connectivity index (χ3v) is 8.45. The molecule has 0 bridgehead atoms. The molecule has 0 radical (unpaired) electrons. The van der Waals surface area contributed by atoms with Crippen molar-refractivity contribution in [1.82, 2.24) is 9.13 Å². The molecule has 0 aliphatic heterocycles. The van der Waals surface area contributed by atoms with Crippen LogP contribution >= 0.6 is 0 Å². The molecule has 6 aromatic carbocycles. The lowest BCUT2D eigenvalue weighted by Gasteiger charge is -2.20. The first kappa shape index (κ1) is 25.1. The molecule has 0 atom stereocenters. The number of rotatable bonds is 3. The summed E-state index contributed by atoms with van der Waals surface area (Å²) in [5.74, 6) is 0. The third-order valence-electron chi connectivity index (χ3n) is 8.45. The van der Waals surface area contributed by atoms with Gasteiger partial charge in [0.2, 0.25) is 0 Å². The monoisotopic (exact) mass is 559 g/mol. The van der Waals surface area contributed by atoms with Gasteiger partial charge in [-0.25, -0.2) is 0 Å². The molecule has 44 heavy (non-hydrogen) atoms. The van der Waals surface area contributed by atoms with Crippen LogP contribution in [0.1, 0.15) is 16.7 Å². The fraction of sp³-hybridized carbons (Fsp3) is 0. The van der Waals surface area contributed by atoms with E-state index < -0.39 is 0 Å². The zero-order valence-corrected chi connectivity index (χ0v) is 23.4. The predicted octanol–water partition coefficient (Wildman–Crippen LogP) is 9.16. The molecule has 0 unspecified atom stereocenters. The summed E-state index contributed by atoms with van der Waals surface area (Å²) in [6, 6.07) is 49.0. The van der Waals surface area contributed by atoms with Crippen molar-refractivity contribution < 1.29 is 0 Å². The normalized spacial score (nSPS) is 11.1. The summed E-state index contributed by atoms with van der Waals surface area (Å²) in [6.45, 7) is 0. The van der Waals surface area contributed by atoms with E-state index in [9.17, 15) is 15.8 Å². The van der Waals surface area contributed by atoms with Gasteiger partial charge in [0.25, 0.3) is 0 Å². The molecule has 8 rings (SSSR count). The molecule has 0 fully saturated rings. The second-order valence-electron chi connectivity index (χ2n) is 10.7. The van der Waals surface area contributed by atoms with Gasteiger partial charge in [0, 0.05) is 32.7 Å². The lowest BCUT2D eigenvalue weighted by Crippen LogP contribution is -2.05. The van der Waals surface area contributed by atoms with Gasteiger partial charge in [0.05, 0.1) is 56.2 Å². The van der Waals surface area contributed by atoms with Crippen molar-refractivity contribution in [3.05, 3.63) is 144 Å². The van der Waals surface area contributed by atoms with Crippen LogP contribution in [-0.4, -0.2) is 9.13 Å². The number of hydrogen-bond donors (Lipinski definition) is 0. The summed E-state index contributed by atoms with van der Waals surface area (Å²) in [5.41, 5.74) is 8.11. The fourth-order valence-electron chi connectivity index (χ4n) is 6.61. The van der Waals surface area contributed by atoms with E-state index in [-0.39, 0.29) is 0 Å². The minimum atomic E-state index is 0.300. The molecule has 8 aromatic rings. The van der Waals surface area contributed by atoms with Crippen LogP contribution in [0.3, 0.4) is 0 Å². The summed E-state index contributed by atoms with van der Waals surface area (Å²) in [4.78, 5) is 0. The Labute approximate surface area is 252 Å². The van der Waals surface area contributed by atoms with Gasteiger partial charge in [-0.05, 0) is 42.5 Å². The highest BCUT2D eigenvalue weighted by molar-refractivity contribution is 6.11. The molecule has 5 heteroatoms. The van der Waals surface area contributed by atoms with Crippen molar-refractivity contribution in [2.75, 3.05) is 0 Å². The van der Waals surface area contributed by atoms with Gasteiger partial charge in [0.1, 0.15) is 12.1 Å². The van der Waals surface area contributed by atoms with Crippen molar-refractivity contribution in [1.29, 1.82) is 15.8 Å². The quantitative estimate of drug-likeness (QED) is 0.216. The highest BCUT2D eigenvalue weighted by Crippen LogP contribution is 2.42. The van der Waals surface area contributed by atoms with Crippen molar-refractivity contribution in [3.8, 4) is 40.7 Å². The molecule has 0 aliphatic rings. The molecule has 5 nitrogen and oxygen atoms in total. The fourth-order valence-corrected chi connectivity index (χ4v) is 6.61. The number of nitrogens with zero attached hydrogens (tertiary/aromatic N) is 5. The minimum Gasteiger partial charge on any atom is -0.309 e. The summed E-state index contributed by atoms with van der Waals surface area (Å²) in [5, 5.41) is 35.0. The molecule has 0 amide bonds. The van der Waals surface area contributed by atoms with Crippen LogP contribution in [0.4, 0.5) is 0 Å². The number of para-hydroxylation sites is 4. The number of hydrogen-bond acceptors (Lipinski definition) is 3. The molecule has 0 saturated carbocycles. The Kier molecular flexibility index (Phi) is 5.56. The number of aromatic nitrogens is 2. The Bertz CT molecular complexity index is 2490. The maximum atomic E-state index is 10.6. The zero-order chi connectivity index (χ0) is 29.8. The average Bonchev–Trinajstić information content (AvgIpc) is 3.60. The molecule has 0 saturated heterocycles. The highest BCUT2D eigenvalue weighted by Gasteiger charge is 2.24. The molecule has 0 N–H and O–H groups in total. The first-order valence-electron chi connectivity index (χ1n) is 14.2. The van der Waals surface area contributed by atoms with E-state index in [0.29, 0.717) is 22.4 Å². The minimum absolute atomic E-state index is 0.300. The predicted molar refractivity (Wildman–Crippen MR) is 175 cm³/mol. The molecule has 0 spiro atoms. The van der Waals surface area contributed by atoms with Gasteiger partial charge in [-0.3, -0.25) is 0 Å². The van der Waals surface area contributed by atoms with Crippen LogP contribution in [0.15, 0.2) is 127 Å². The number of benzene rings is 6. The Morgan fingerprint density at radius 3 is 1.39 bits per heavy atom. The van der Waals surface area contributed by atoms with Crippen LogP contribution in [0.25, 0.3) is 66.1 Å². The first-order chi connectivity index (χ1) is 21.7. The van der Waals surface area contributed by atoms with E-state index in [1.807, 2.05) is 84.9 Å². The van der Waals surface area contributed by atoms with Crippen molar-refractivity contribution >= 4 is 43.6 Å². The van der Waals surface area contributed by atoms with Crippen molar-refractivity contribution in [2.45, 2.75) is 0 Å². The van der Waals surface area contributed by atoms with Crippen LogP contribution in [0, 0.1) is 34.0 Å². The van der Waals surface area contributed by atoms with E-state index in [0.717, 1.165) is 60.4 Å². The Morgan fingerprint density at radius 1 is 0.432 bits per heavy atom. The van der Waals surface area contributed by atoms with Crippen molar-refractivity contribution in [3.63, 3.8) is 0 Å².